The Kier molecular flexibility index (Phi) is 6.07. The van der Waals surface area contributed by atoms with Crippen LogP contribution in [0.25, 0.3) is 0 Å². The maximum Gasteiger partial charge on any atom is 0.220 e. The van der Waals surface area contributed by atoms with E-state index in [1.807, 2.05) is 12.1 Å². The number of carbonyl (C=O) groups excluding carboxylic acids is 1. The standard InChI is InChI=1S/C17H18ClFN2O2/c1-11(17(23)16-13(18)6-4-7-14(16)19)21-15(22)9-8-12-5-2-3-10-20-12/h2-7,10-11,17,23H,8-9H2,1H3,(H,21,22)/t11-,17-/m1/s1. The average molecular weight is 337 g/mol. The van der Waals surface area contributed by atoms with Gasteiger partial charge in [0.05, 0.1) is 6.04 Å². The van der Waals surface area contributed by atoms with E-state index in [4.69, 9.17) is 11.6 Å². The van der Waals surface area contributed by atoms with E-state index in [2.05, 4.69) is 10.3 Å². The number of aromatic nitrogens is 1. The number of nitrogens with one attached hydrogen (secondary N) is 1. The van der Waals surface area contributed by atoms with Crippen molar-refractivity contribution in [3.05, 3.63) is 64.7 Å². The lowest BCUT2D eigenvalue weighted by Crippen LogP contribution is -2.37. The molecule has 2 N–H and O–H groups in total. The van der Waals surface area contributed by atoms with Crippen molar-refractivity contribution < 1.29 is 14.3 Å². The number of hydrogen-bond donors (Lipinski definition) is 2. The van der Waals surface area contributed by atoms with Crippen molar-refractivity contribution in [3.8, 4) is 0 Å². The van der Waals surface area contributed by atoms with E-state index in [1.165, 1.54) is 18.2 Å². The number of carbonyl (C=O) groups is 1. The fraction of sp³-hybridized carbons (Fsp3) is 0.294. The van der Waals surface area contributed by atoms with E-state index in [1.54, 1.807) is 19.2 Å². The Labute approximate surface area is 139 Å². The second kappa shape index (κ2) is 8.04. The molecule has 0 spiro atoms. The Morgan fingerprint density at radius 1 is 1.35 bits per heavy atom. The quantitative estimate of drug-likeness (QED) is 0.852. The van der Waals surface area contributed by atoms with Crippen molar-refractivity contribution in [1.82, 2.24) is 10.3 Å². The Hall–Kier alpha value is -1.98. The van der Waals surface area contributed by atoms with Crippen LogP contribution in [0, 0.1) is 5.82 Å². The van der Waals surface area contributed by atoms with Gasteiger partial charge in [0.1, 0.15) is 11.9 Å². The van der Waals surface area contributed by atoms with Gasteiger partial charge in [-0.3, -0.25) is 9.78 Å². The van der Waals surface area contributed by atoms with Crippen molar-refractivity contribution in [2.45, 2.75) is 31.9 Å². The van der Waals surface area contributed by atoms with Gasteiger partial charge in [0.15, 0.2) is 0 Å². The van der Waals surface area contributed by atoms with Gasteiger partial charge in [0, 0.05) is 28.9 Å². The minimum Gasteiger partial charge on any atom is -0.386 e. The number of aryl methyl sites for hydroxylation is 1. The third-order valence-electron chi connectivity index (χ3n) is 3.49. The molecular weight excluding hydrogens is 319 g/mol. The first-order chi connectivity index (χ1) is 11.0. The molecule has 2 rings (SSSR count). The van der Waals surface area contributed by atoms with Crippen LogP contribution in [-0.4, -0.2) is 22.0 Å². The van der Waals surface area contributed by atoms with Crippen LogP contribution in [0.3, 0.4) is 0 Å². The minimum absolute atomic E-state index is 0.00769. The van der Waals surface area contributed by atoms with E-state index in [-0.39, 0.29) is 22.9 Å². The third-order valence-corrected chi connectivity index (χ3v) is 3.82. The fourth-order valence-electron chi connectivity index (χ4n) is 2.24. The van der Waals surface area contributed by atoms with Gasteiger partial charge in [-0.1, -0.05) is 23.7 Å². The van der Waals surface area contributed by atoms with Crippen molar-refractivity contribution in [1.29, 1.82) is 0 Å². The molecule has 0 bridgehead atoms. The number of benzene rings is 1. The van der Waals surface area contributed by atoms with Crippen molar-refractivity contribution in [2.75, 3.05) is 0 Å². The second-order valence-electron chi connectivity index (χ2n) is 5.26. The Morgan fingerprint density at radius 3 is 2.78 bits per heavy atom. The lowest BCUT2D eigenvalue weighted by molar-refractivity contribution is -0.122. The number of rotatable bonds is 6. The maximum atomic E-state index is 13.8. The fourth-order valence-corrected chi connectivity index (χ4v) is 2.51. The Balaban J connectivity index is 1.93. The van der Waals surface area contributed by atoms with Crippen molar-refractivity contribution in [2.24, 2.45) is 0 Å². The van der Waals surface area contributed by atoms with Gasteiger partial charge in [-0.05, 0) is 37.6 Å². The molecule has 0 aliphatic heterocycles. The lowest BCUT2D eigenvalue weighted by atomic mass is 10.0. The largest absolute Gasteiger partial charge is 0.386 e. The summed E-state index contributed by atoms with van der Waals surface area (Å²) in [4.78, 5) is 16.1. The molecule has 1 aromatic carbocycles. The topological polar surface area (TPSA) is 62.2 Å². The van der Waals surface area contributed by atoms with Gasteiger partial charge in [-0.2, -0.15) is 0 Å². The van der Waals surface area contributed by atoms with Gasteiger partial charge in [0.2, 0.25) is 5.91 Å². The van der Waals surface area contributed by atoms with Crippen molar-refractivity contribution in [3.63, 3.8) is 0 Å². The van der Waals surface area contributed by atoms with Crippen LogP contribution in [0.5, 0.6) is 0 Å². The molecule has 2 atom stereocenters. The maximum absolute atomic E-state index is 13.8. The first-order valence-electron chi connectivity index (χ1n) is 7.30. The predicted molar refractivity (Wildman–Crippen MR) is 86.5 cm³/mol. The summed E-state index contributed by atoms with van der Waals surface area (Å²) in [5.41, 5.74) is 0.805. The molecule has 0 aliphatic rings. The van der Waals surface area contributed by atoms with Crippen LogP contribution < -0.4 is 5.32 Å². The van der Waals surface area contributed by atoms with E-state index >= 15 is 0 Å². The van der Waals surface area contributed by atoms with E-state index in [9.17, 15) is 14.3 Å². The molecule has 0 fully saturated rings. The van der Waals surface area contributed by atoms with Crippen molar-refractivity contribution >= 4 is 17.5 Å². The molecule has 1 aromatic heterocycles. The SMILES string of the molecule is C[C@@H](NC(=O)CCc1ccccn1)[C@@H](O)c1c(F)cccc1Cl. The summed E-state index contributed by atoms with van der Waals surface area (Å²) in [5.74, 6) is -0.839. The summed E-state index contributed by atoms with van der Waals surface area (Å²) in [6.45, 7) is 1.60. The first kappa shape index (κ1) is 17.4. The van der Waals surface area contributed by atoms with Crippen LogP contribution >= 0.6 is 11.6 Å². The summed E-state index contributed by atoms with van der Waals surface area (Å²) in [5, 5.41) is 13.0. The van der Waals surface area contributed by atoms with E-state index in [0.29, 0.717) is 6.42 Å². The Morgan fingerprint density at radius 2 is 2.13 bits per heavy atom. The lowest BCUT2D eigenvalue weighted by Gasteiger charge is -2.22. The molecule has 1 heterocycles. The summed E-state index contributed by atoms with van der Waals surface area (Å²) in [6, 6.07) is 9.01. The summed E-state index contributed by atoms with van der Waals surface area (Å²) >= 11 is 5.93. The summed E-state index contributed by atoms with van der Waals surface area (Å²) in [6.07, 6.45) is 1.18. The highest BCUT2D eigenvalue weighted by atomic mass is 35.5. The number of aliphatic hydroxyl groups is 1. The van der Waals surface area contributed by atoms with Crippen LogP contribution in [0.4, 0.5) is 4.39 Å². The number of pyridine rings is 1. The van der Waals surface area contributed by atoms with Crippen LogP contribution in [0.2, 0.25) is 5.02 Å². The molecule has 122 valence electrons. The number of hydrogen-bond acceptors (Lipinski definition) is 3. The highest BCUT2D eigenvalue weighted by Gasteiger charge is 2.23. The Bertz CT molecular complexity index is 647. The van der Waals surface area contributed by atoms with Crippen LogP contribution in [-0.2, 0) is 11.2 Å². The zero-order valence-corrected chi connectivity index (χ0v) is 13.4. The molecule has 0 radical (unpaired) electrons. The van der Waals surface area contributed by atoms with E-state index < -0.39 is 18.0 Å². The molecule has 0 saturated carbocycles. The van der Waals surface area contributed by atoms with Gasteiger partial charge >= 0.3 is 0 Å². The first-order valence-corrected chi connectivity index (χ1v) is 7.68. The molecule has 23 heavy (non-hydrogen) atoms. The third kappa shape index (κ3) is 4.74. The van der Waals surface area contributed by atoms with Gasteiger partial charge < -0.3 is 10.4 Å². The molecule has 4 nitrogen and oxygen atoms in total. The van der Waals surface area contributed by atoms with E-state index in [0.717, 1.165) is 5.69 Å². The van der Waals surface area contributed by atoms with Gasteiger partial charge in [0.25, 0.3) is 0 Å². The number of aliphatic hydroxyl groups excluding tert-OH is 1. The minimum atomic E-state index is -1.22. The molecule has 0 aliphatic carbocycles. The summed E-state index contributed by atoms with van der Waals surface area (Å²) < 4.78 is 13.8. The zero-order valence-electron chi connectivity index (χ0n) is 12.7. The second-order valence-corrected chi connectivity index (χ2v) is 5.66. The number of halogens is 2. The van der Waals surface area contributed by atoms with Crippen LogP contribution in [0.15, 0.2) is 42.6 Å². The van der Waals surface area contributed by atoms with Gasteiger partial charge in [-0.15, -0.1) is 0 Å². The smallest absolute Gasteiger partial charge is 0.220 e. The molecule has 0 unspecified atom stereocenters. The highest BCUT2D eigenvalue weighted by Crippen LogP contribution is 2.27. The molecule has 0 saturated heterocycles. The highest BCUT2D eigenvalue weighted by molar-refractivity contribution is 6.31. The average Bonchev–Trinajstić information content (AvgIpc) is 2.53. The summed E-state index contributed by atoms with van der Waals surface area (Å²) in [7, 11) is 0. The number of amides is 1. The normalized spacial score (nSPS) is 13.4. The molecule has 6 heteroatoms. The number of nitrogens with zero attached hydrogens (tertiary/aromatic N) is 1. The van der Waals surface area contributed by atoms with Gasteiger partial charge in [-0.25, -0.2) is 4.39 Å². The molecular formula is C17H18ClFN2O2. The molecule has 2 aromatic rings. The van der Waals surface area contributed by atoms with Crippen LogP contribution in [0.1, 0.15) is 30.7 Å². The zero-order chi connectivity index (χ0) is 16.8. The monoisotopic (exact) mass is 336 g/mol. The molecule has 1 amide bonds. The predicted octanol–water partition coefficient (Wildman–Crippen LogP) is 3.05.